The third-order valence-corrected chi connectivity index (χ3v) is 5.61. The molecule has 0 atom stereocenters. The summed E-state index contributed by atoms with van der Waals surface area (Å²) in [6.07, 6.45) is 0. The Morgan fingerprint density at radius 1 is 1.00 bits per heavy atom. The van der Waals surface area contributed by atoms with Crippen molar-refractivity contribution in [1.29, 1.82) is 0 Å². The first-order valence-electron chi connectivity index (χ1n) is 7.22. The first-order valence-corrected chi connectivity index (χ1v) is 9.03. The topological polar surface area (TPSA) is 107 Å². The van der Waals surface area contributed by atoms with Crippen molar-refractivity contribution in [3.8, 4) is 11.5 Å². The van der Waals surface area contributed by atoms with Crippen molar-refractivity contribution in [2.75, 3.05) is 14.2 Å². The second-order valence-corrected chi connectivity index (χ2v) is 7.43. The number of hydrogen-bond donors (Lipinski definition) is 1. The average Bonchev–Trinajstić information content (AvgIpc) is 2.60. The minimum Gasteiger partial charge on any atom is -0.493 e. The summed E-state index contributed by atoms with van der Waals surface area (Å²) >= 11 is 5.84. The number of halogens is 1. The Bertz CT molecular complexity index is 1230. The molecule has 10 heteroatoms. The van der Waals surface area contributed by atoms with Gasteiger partial charge in [0.25, 0.3) is 15.6 Å². The monoisotopic (exact) mass is 396 g/mol. The van der Waals surface area contributed by atoms with Crippen LogP contribution >= 0.6 is 11.6 Å². The fraction of sp³-hybridized carbons (Fsp3) is 0.125. The van der Waals surface area contributed by atoms with Gasteiger partial charge in [-0.2, -0.15) is 0 Å². The van der Waals surface area contributed by atoms with Gasteiger partial charge in [0.2, 0.25) is 0 Å². The van der Waals surface area contributed by atoms with E-state index in [9.17, 15) is 18.0 Å². The van der Waals surface area contributed by atoms with Crippen LogP contribution in [0.5, 0.6) is 11.5 Å². The first kappa shape index (κ1) is 18.0. The van der Waals surface area contributed by atoms with Crippen molar-refractivity contribution in [3.05, 3.63) is 62.3 Å². The Labute approximate surface area is 152 Å². The molecule has 1 N–H and O–H groups in total. The molecule has 0 saturated carbocycles. The highest BCUT2D eigenvalue weighted by Crippen LogP contribution is 2.29. The van der Waals surface area contributed by atoms with E-state index in [0.29, 0.717) is 10.8 Å². The van der Waals surface area contributed by atoms with Gasteiger partial charge in [-0.1, -0.05) is 11.6 Å². The van der Waals surface area contributed by atoms with Crippen LogP contribution in [0.2, 0.25) is 5.02 Å². The quantitative estimate of drug-likeness (QED) is 0.717. The average molecular weight is 397 g/mol. The molecular formula is C16H13ClN2O6S. The van der Waals surface area contributed by atoms with E-state index in [1.807, 2.05) is 0 Å². The van der Waals surface area contributed by atoms with Crippen LogP contribution in [0, 0.1) is 0 Å². The SMILES string of the molecule is COc1ccc(S(=O)(=O)n2c(=O)[nH]c3cc(Cl)ccc3c2=O)cc1OC. The van der Waals surface area contributed by atoms with Gasteiger partial charge in [0.15, 0.2) is 11.5 Å². The summed E-state index contributed by atoms with van der Waals surface area (Å²) in [6.45, 7) is 0. The van der Waals surface area contributed by atoms with Gasteiger partial charge >= 0.3 is 5.69 Å². The van der Waals surface area contributed by atoms with Crippen LogP contribution in [0.3, 0.4) is 0 Å². The first-order chi connectivity index (χ1) is 12.3. The predicted molar refractivity (Wildman–Crippen MR) is 96.0 cm³/mol. The summed E-state index contributed by atoms with van der Waals surface area (Å²) in [5.74, 6) is 0.450. The highest BCUT2D eigenvalue weighted by atomic mass is 35.5. The fourth-order valence-electron chi connectivity index (χ4n) is 2.47. The van der Waals surface area contributed by atoms with Crippen LogP contribution < -0.4 is 20.7 Å². The molecule has 8 nitrogen and oxygen atoms in total. The zero-order chi connectivity index (χ0) is 19.1. The largest absolute Gasteiger partial charge is 0.493 e. The van der Waals surface area contributed by atoms with E-state index in [2.05, 4.69) is 4.98 Å². The summed E-state index contributed by atoms with van der Waals surface area (Å²) in [4.78, 5) is 27.0. The van der Waals surface area contributed by atoms with E-state index in [0.717, 1.165) is 0 Å². The van der Waals surface area contributed by atoms with Crippen LogP contribution in [-0.4, -0.2) is 31.6 Å². The summed E-state index contributed by atoms with van der Waals surface area (Å²) < 4.78 is 36.1. The predicted octanol–water partition coefficient (Wildman–Crippen LogP) is 1.60. The lowest BCUT2D eigenvalue weighted by molar-refractivity contribution is 0.354. The zero-order valence-corrected chi connectivity index (χ0v) is 15.2. The van der Waals surface area contributed by atoms with Crippen molar-refractivity contribution >= 4 is 32.5 Å². The molecule has 26 heavy (non-hydrogen) atoms. The van der Waals surface area contributed by atoms with E-state index in [4.69, 9.17) is 21.1 Å². The maximum Gasteiger partial charge on any atom is 0.343 e. The third-order valence-electron chi connectivity index (χ3n) is 3.72. The van der Waals surface area contributed by atoms with Crippen LogP contribution in [0.15, 0.2) is 50.9 Å². The van der Waals surface area contributed by atoms with E-state index >= 15 is 0 Å². The van der Waals surface area contributed by atoms with Crippen molar-refractivity contribution in [3.63, 3.8) is 0 Å². The molecule has 3 aromatic rings. The van der Waals surface area contributed by atoms with Gasteiger partial charge in [-0.15, -0.1) is 3.97 Å². The molecule has 0 amide bonds. The smallest absolute Gasteiger partial charge is 0.343 e. The molecular weight excluding hydrogens is 384 g/mol. The molecule has 0 aliphatic heterocycles. The lowest BCUT2D eigenvalue weighted by Gasteiger charge is -2.11. The minimum absolute atomic E-state index is 0.0121. The van der Waals surface area contributed by atoms with Gasteiger partial charge in [0.1, 0.15) is 0 Å². The van der Waals surface area contributed by atoms with Gasteiger partial charge < -0.3 is 14.5 Å². The maximum atomic E-state index is 12.9. The Morgan fingerprint density at radius 3 is 2.35 bits per heavy atom. The Morgan fingerprint density at radius 2 is 1.69 bits per heavy atom. The second kappa shape index (κ2) is 6.50. The van der Waals surface area contributed by atoms with Crippen molar-refractivity contribution < 1.29 is 17.9 Å². The van der Waals surface area contributed by atoms with Crippen molar-refractivity contribution in [1.82, 2.24) is 8.96 Å². The lowest BCUT2D eigenvalue weighted by Crippen LogP contribution is -2.39. The molecule has 0 aliphatic carbocycles. The molecule has 136 valence electrons. The molecule has 3 rings (SSSR count). The Hall–Kier alpha value is -2.78. The zero-order valence-electron chi connectivity index (χ0n) is 13.6. The molecule has 0 spiro atoms. The molecule has 0 fully saturated rings. The number of H-pyrrole nitrogens is 1. The molecule has 1 heterocycles. The summed E-state index contributed by atoms with van der Waals surface area (Å²) in [6, 6.07) is 7.90. The normalized spacial score (nSPS) is 11.5. The number of ether oxygens (including phenoxy) is 2. The van der Waals surface area contributed by atoms with Crippen molar-refractivity contribution in [2.45, 2.75) is 4.90 Å². The van der Waals surface area contributed by atoms with Crippen LogP contribution in [0.25, 0.3) is 10.9 Å². The number of rotatable bonds is 4. The van der Waals surface area contributed by atoms with Gasteiger partial charge in [-0.05, 0) is 30.3 Å². The van der Waals surface area contributed by atoms with E-state index in [1.165, 1.54) is 50.6 Å². The molecule has 0 aliphatic rings. The number of benzene rings is 2. The fourth-order valence-corrected chi connectivity index (χ4v) is 3.93. The number of nitrogens with one attached hydrogen (secondary N) is 1. The third kappa shape index (κ3) is 2.85. The number of nitrogens with zero attached hydrogens (tertiary/aromatic N) is 1. The minimum atomic E-state index is -4.47. The molecule has 0 unspecified atom stereocenters. The summed E-state index contributed by atoms with van der Waals surface area (Å²) in [5.41, 5.74) is -1.93. The summed E-state index contributed by atoms with van der Waals surface area (Å²) in [7, 11) is -1.73. The van der Waals surface area contributed by atoms with Gasteiger partial charge in [-0.25, -0.2) is 13.2 Å². The van der Waals surface area contributed by atoms with Crippen LogP contribution in [0.1, 0.15) is 0 Å². The van der Waals surface area contributed by atoms with Gasteiger partial charge in [-0.3, -0.25) is 4.79 Å². The van der Waals surface area contributed by atoms with Crippen LogP contribution in [-0.2, 0) is 10.0 Å². The van der Waals surface area contributed by atoms with Crippen LogP contribution in [0.4, 0.5) is 0 Å². The molecule has 1 aromatic heterocycles. The van der Waals surface area contributed by atoms with Gasteiger partial charge in [0, 0.05) is 11.1 Å². The molecule has 0 radical (unpaired) electrons. The standard InChI is InChI=1S/C16H13ClN2O6S/c1-24-13-6-4-10(8-14(13)25-2)26(22,23)19-15(20)11-5-3-9(17)7-12(11)18-16(19)21/h3-8H,1-2H3,(H,18,21). The number of hydrogen-bond acceptors (Lipinski definition) is 6. The molecule has 0 saturated heterocycles. The van der Waals surface area contributed by atoms with Crippen molar-refractivity contribution in [2.24, 2.45) is 0 Å². The summed E-state index contributed by atoms with van der Waals surface area (Å²) in [5, 5.41) is 0.311. The lowest BCUT2D eigenvalue weighted by atomic mass is 10.2. The molecule has 0 bridgehead atoms. The van der Waals surface area contributed by atoms with Gasteiger partial charge in [0.05, 0.1) is 30.0 Å². The maximum absolute atomic E-state index is 12.9. The van der Waals surface area contributed by atoms with E-state index < -0.39 is 21.3 Å². The number of aromatic amines is 1. The Kier molecular flexibility index (Phi) is 4.51. The van der Waals surface area contributed by atoms with E-state index in [-0.39, 0.29) is 25.5 Å². The Balaban J connectivity index is 2.30. The highest BCUT2D eigenvalue weighted by molar-refractivity contribution is 7.90. The molecule has 2 aromatic carbocycles. The number of fused-ring (bicyclic) bond motifs is 1. The second-order valence-electron chi connectivity index (χ2n) is 5.21. The number of aromatic nitrogens is 2. The van der Waals surface area contributed by atoms with E-state index in [1.54, 1.807) is 0 Å². The highest BCUT2D eigenvalue weighted by Gasteiger charge is 2.24. The number of methoxy groups -OCH3 is 2.